The van der Waals surface area contributed by atoms with Crippen LogP contribution in [0.15, 0.2) is 12.5 Å². The van der Waals surface area contributed by atoms with Crippen LogP contribution in [0.2, 0.25) is 0 Å². The molecule has 0 spiro atoms. The smallest absolute Gasteiger partial charge is 0.406 e. The molecule has 2 aromatic rings. The summed E-state index contributed by atoms with van der Waals surface area (Å²) >= 11 is 0. The predicted octanol–water partition coefficient (Wildman–Crippen LogP) is 2.32. The lowest BCUT2D eigenvalue weighted by Crippen LogP contribution is -2.47. The van der Waals surface area contributed by atoms with E-state index in [-0.39, 0.29) is 12.7 Å². The third-order valence-electron chi connectivity index (χ3n) is 6.50. The van der Waals surface area contributed by atoms with E-state index >= 15 is 4.39 Å². The molecule has 34 heavy (non-hydrogen) atoms. The number of nitrogens with one attached hydrogen (secondary N) is 2. The summed E-state index contributed by atoms with van der Waals surface area (Å²) in [5.74, 6) is -0.0743. The molecule has 2 aliphatic heterocycles. The molecule has 12 nitrogen and oxygen atoms in total. The number of esters is 1. The number of halogens is 1. The summed E-state index contributed by atoms with van der Waals surface area (Å²) in [6.45, 7) is 2.65. The van der Waals surface area contributed by atoms with Crippen molar-refractivity contribution in [2.24, 2.45) is 0 Å². The number of rotatable bonds is 6. The summed E-state index contributed by atoms with van der Waals surface area (Å²) in [4.78, 5) is 20.8. The molecule has 186 valence electrons. The Balaban J connectivity index is 1.32. The highest BCUT2D eigenvalue weighted by Crippen LogP contribution is 2.57. The van der Waals surface area contributed by atoms with Crippen molar-refractivity contribution in [1.82, 2.24) is 24.7 Å². The lowest BCUT2D eigenvalue weighted by Gasteiger charge is -2.35. The summed E-state index contributed by atoms with van der Waals surface area (Å²) in [5.41, 5.74) is -1.33. The number of carbonyl (C=O) groups is 1. The van der Waals surface area contributed by atoms with Crippen LogP contribution in [0.5, 0.6) is 0 Å². The standard InChI is InChI=1S/C20H28FN6O6P/c1-11(19(28)31-12-6-4-5-7-12)26-34(29)30-9-14-16(33-34)20(2,21)15(32-14)13-8-23-18-17(22-3)24-10-25-27(13)18/h8,10-12,14-16H,4-7,9H2,1-3H3,(H,26,29)(H,22,24,25)/t11-,14+,15-,16+,20-,34?/m0/s1. The van der Waals surface area contributed by atoms with Gasteiger partial charge < -0.3 is 14.8 Å². The first-order chi connectivity index (χ1) is 16.2. The molecule has 14 heteroatoms. The molecule has 4 heterocycles. The SMILES string of the molecule is CNc1ncnn2c([C@@H]3O[C@@H]4COP(=O)(N[C@@H](C)C(=O)OC5CCCC5)O[C@H]4[C@@]3(C)F)cnc12. The average Bonchev–Trinajstić information content (AvgIpc) is 3.52. The molecule has 0 amide bonds. The number of hydrogen-bond donors (Lipinski definition) is 2. The molecule has 1 saturated carbocycles. The number of carbonyl (C=O) groups excluding carboxylic acids is 1. The number of imidazole rings is 1. The van der Waals surface area contributed by atoms with Gasteiger partial charge in [0.05, 0.1) is 18.5 Å². The van der Waals surface area contributed by atoms with Crippen LogP contribution in [0.3, 0.4) is 0 Å². The van der Waals surface area contributed by atoms with Gasteiger partial charge >= 0.3 is 13.7 Å². The van der Waals surface area contributed by atoms with Crippen molar-refractivity contribution in [3.05, 3.63) is 18.2 Å². The Morgan fingerprint density at radius 1 is 1.38 bits per heavy atom. The summed E-state index contributed by atoms with van der Waals surface area (Å²) in [6, 6.07) is -0.956. The third kappa shape index (κ3) is 4.09. The van der Waals surface area contributed by atoms with E-state index in [0.717, 1.165) is 25.7 Å². The number of aromatic nitrogens is 4. The van der Waals surface area contributed by atoms with E-state index in [1.807, 2.05) is 0 Å². The van der Waals surface area contributed by atoms with Crippen LogP contribution in [0.1, 0.15) is 51.3 Å². The number of alkyl halides is 1. The maximum absolute atomic E-state index is 16.1. The predicted molar refractivity (Wildman–Crippen MR) is 117 cm³/mol. The van der Waals surface area contributed by atoms with Crippen LogP contribution in [0, 0.1) is 0 Å². The van der Waals surface area contributed by atoms with Crippen LogP contribution in [0.25, 0.3) is 5.65 Å². The van der Waals surface area contributed by atoms with Gasteiger partial charge in [-0.25, -0.2) is 28.5 Å². The molecular formula is C20H28FN6O6P. The monoisotopic (exact) mass is 498 g/mol. The summed E-state index contributed by atoms with van der Waals surface area (Å²) in [5, 5.41) is 9.66. The lowest BCUT2D eigenvalue weighted by molar-refractivity contribution is -0.150. The second-order valence-electron chi connectivity index (χ2n) is 9.00. The minimum atomic E-state index is -4.01. The van der Waals surface area contributed by atoms with Crippen molar-refractivity contribution in [3.63, 3.8) is 0 Å². The molecule has 1 aliphatic carbocycles. The first kappa shape index (κ1) is 23.6. The summed E-state index contributed by atoms with van der Waals surface area (Å²) in [7, 11) is -2.32. The van der Waals surface area contributed by atoms with E-state index < -0.39 is 43.7 Å². The van der Waals surface area contributed by atoms with Gasteiger partial charge in [0.25, 0.3) is 0 Å². The molecule has 5 rings (SSSR count). The van der Waals surface area contributed by atoms with Crippen molar-refractivity contribution in [1.29, 1.82) is 0 Å². The molecule has 1 unspecified atom stereocenters. The Bertz CT molecular complexity index is 1120. The first-order valence-corrected chi connectivity index (χ1v) is 12.9. The van der Waals surface area contributed by atoms with Gasteiger partial charge in [0.2, 0.25) is 0 Å². The van der Waals surface area contributed by atoms with Gasteiger partial charge in [-0.1, -0.05) is 0 Å². The molecule has 0 radical (unpaired) electrons. The highest BCUT2D eigenvalue weighted by atomic mass is 31.2. The van der Waals surface area contributed by atoms with Crippen LogP contribution >= 0.6 is 7.75 Å². The maximum atomic E-state index is 16.1. The number of hydrogen-bond acceptors (Lipinski definition) is 10. The molecule has 0 bridgehead atoms. The largest absolute Gasteiger partial charge is 0.461 e. The van der Waals surface area contributed by atoms with Gasteiger partial charge in [-0.05, 0) is 39.5 Å². The van der Waals surface area contributed by atoms with Gasteiger partial charge in [-0.15, -0.1) is 0 Å². The van der Waals surface area contributed by atoms with Crippen molar-refractivity contribution < 1.29 is 32.3 Å². The second kappa shape index (κ2) is 8.80. The minimum absolute atomic E-state index is 0.133. The zero-order chi connectivity index (χ0) is 24.1. The molecular weight excluding hydrogens is 470 g/mol. The quantitative estimate of drug-likeness (QED) is 0.448. The molecule has 2 aromatic heterocycles. The molecule has 2 saturated heterocycles. The number of ether oxygens (including phenoxy) is 2. The Morgan fingerprint density at radius 2 is 2.15 bits per heavy atom. The van der Waals surface area contributed by atoms with Gasteiger partial charge in [-0.3, -0.25) is 13.8 Å². The fourth-order valence-corrected chi connectivity index (χ4v) is 6.48. The van der Waals surface area contributed by atoms with Crippen molar-refractivity contribution >= 4 is 25.2 Å². The lowest BCUT2D eigenvalue weighted by atomic mass is 9.93. The van der Waals surface area contributed by atoms with E-state index in [0.29, 0.717) is 17.2 Å². The zero-order valence-corrected chi connectivity index (χ0v) is 20.0. The number of nitrogens with zero attached hydrogens (tertiary/aromatic N) is 4. The normalized spacial score (nSPS) is 34.8. The van der Waals surface area contributed by atoms with Crippen molar-refractivity contribution in [3.8, 4) is 0 Å². The average molecular weight is 498 g/mol. The minimum Gasteiger partial charge on any atom is -0.461 e. The highest BCUT2D eigenvalue weighted by molar-refractivity contribution is 7.51. The topological polar surface area (TPSA) is 138 Å². The fourth-order valence-electron chi connectivity index (χ4n) is 4.72. The fraction of sp³-hybridized carbons (Fsp3) is 0.700. The molecule has 0 aromatic carbocycles. The van der Waals surface area contributed by atoms with Gasteiger partial charge in [0.1, 0.15) is 36.8 Å². The van der Waals surface area contributed by atoms with Crippen LogP contribution in [-0.4, -0.2) is 69.2 Å². The van der Waals surface area contributed by atoms with Crippen molar-refractivity contribution in [2.75, 3.05) is 19.0 Å². The van der Waals surface area contributed by atoms with Crippen molar-refractivity contribution in [2.45, 2.75) is 75.7 Å². The first-order valence-electron chi connectivity index (χ1n) is 11.3. The van der Waals surface area contributed by atoms with Gasteiger partial charge in [0, 0.05) is 7.05 Å². The van der Waals surface area contributed by atoms with E-state index in [9.17, 15) is 9.36 Å². The maximum Gasteiger partial charge on any atom is 0.406 e. The van der Waals surface area contributed by atoms with Gasteiger partial charge in [0.15, 0.2) is 17.1 Å². The van der Waals surface area contributed by atoms with E-state index in [4.69, 9.17) is 18.5 Å². The molecule has 2 N–H and O–H groups in total. The second-order valence-corrected chi connectivity index (χ2v) is 10.7. The number of fused-ring (bicyclic) bond motifs is 2. The third-order valence-corrected chi connectivity index (χ3v) is 8.20. The molecule has 3 fully saturated rings. The highest BCUT2D eigenvalue weighted by Gasteiger charge is 2.61. The number of anilines is 1. The van der Waals surface area contributed by atoms with E-state index in [2.05, 4.69) is 25.5 Å². The Morgan fingerprint density at radius 3 is 2.88 bits per heavy atom. The van der Waals surface area contributed by atoms with E-state index in [1.54, 1.807) is 7.05 Å². The Labute approximate surface area is 195 Å². The zero-order valence-electron chi connectivity index (χ0n) is 19.1. The van der Waals surface area contributed by atoms with Crippen LogP contribution in [-0.2, 0) is 27.9 Å². The summed E-state index contributed by atoms with van der Waals surface area (Å²) < 4.78 is 53.3. The van der Waals surface area contributed by atoms with Gasteiger partial charge in [-0.2, -0.15) is 5.10 Å². The van der Waals surface area contributed by atoms with E-state index in [1.165, 1.54) is 30.9 Å². The Hall–Kier alpha value is -2.18. The van der Waals surface area contributed by atoms with Crippen LogP contribution in [0.4, 0.5) is 10.2 Å². The Kier molecular flexibility index (Phi) is 6.09. The molecule has 6 atom stereocenters. The summed E-state index contributed by atoms with van der Waals surface area (Å²) in [6.07, 6.45) is 3.17. The van der Waals surface area contributed by atoms with Crippen LogP contribution < -0.4 is 10.4 Å². The molecule has 3 aliphatic rings.